The van der Waals surface area contributed by atoms with Crippen molar-refractivity contribution in [2.24, 2.45) is 0 Å². The van der Waals surface area contributed by atoms with Crippen LogP contribution in [-0.4, -0.2) is 15.8 Å². The number of aromatic nitrogens is 2. The zero-order chi connectivity index (χ0) is 11.2. The van der Waals surface area contributed by atoms with Gasteiger partial charge in [-0.3, -0.25) is 4.68 Å². The molecule has 1 aliphatic carbocycles. The molecule has 1 saturated heterocycles. The lowest BCUT2D eigenvalue weighted by Gasteiger charge is -2.21. The van der Waals surface area contributed by atoms with Crippen molar-refractivity contribution in [1.29, 1.82) is 0 Å². The van der Waals surface area contributed by atoms with E-state index < -0.39 is 0 Å². The van der Waals surface area contributed by atoms with Crippen LogP contribution in [0.5, 0.6) is 0 Å². The molecule has 0 spiro atoms. The third-order valence-electron chi connectivity index (χ3n) is 4.85. The Morgan fingerprint density at radius 3 is 2.88 bits per heavy atom. The highest BCUT2D eigenvalue weighted by Gasteiger charge is 2.34. The summed E-state index contributed by atoms with van der Waals surface area (Å²) in [5.74, 6) is 0. The minimum Gasteiger partial charge on any atom is -0.307 e. The molecular weight excluding hydrogens is 210 g/mol. The predicted molar refractivity (Wildman–Crippen MR) is 67.0 cm³/mol. The van der Waals surface area contributed by atoms with Crippen LogP contribution in [0.2, 0.25) is 0 Å². The smallest absolute Gasteiger partial charge is 0.0688 e. The second kappa shape index (κ2) is 3.84. The van der Waals surface area contributed by atoms with Gasteiger partial charge in [0.15, 0.2) is 0 Å². The van der Waals surface area contributed by atoms with Gasteiger partial charge in [0.1, 0.15) is 0 Å². The minimum absolute atomic E-state index is 0.612. The Kier molecular flexibility index (Phi) is 2.29. The first-order valence-electron chi connectivity index (χ1n) is 7.24. The molecule has 17 heavy (non-hydrogen) atoms. The van der Waals surface area contributed by atoms with Crippen molar-refractivity contribution >= 4 is 0 Å². The van der Waals surface area contributed by atoms with Gasteiger partial charge in [0, 0.05) is 30.3 Å². The van der Waals surface area contributed by atoms with Crippen LogP contribution in [0, 0.1) is 0 Å². The molecule has 0 amide bonds. The average Bonchev–Trinajstić information content (AvgIpc) is 2.97. The minimum atomic E-state index is 0.612. The van der Waals surface area contributed by atoms with Crippen LogP contribution in [0.3, 0.4) is 0 Å². The Balaban J connectivity index is 1.64. The molecule has 0 unspecified atom stereocenters. The highest BCUT2D eigenvalue weighted by atomic mass is 15.3. The molecule has 3 heteroatoms. The van der Waals surface area contributed by atoms with Gasteiger partial charge in [-0.2, -0.15) is 5.10 Å². The van der Waals surface area contributed by atoms with Gasteiger partial charge in [-0.15, -0.1) is 0 Å². The van der Waals surface area contributed by atoms with E-state index in [1.807, 2.05) is 0 Å². The molecule has 1 saturated carbocycles. The van der Waals surface area contributed by atoms with Crippen molar-refractivity contribution in [2.45, 2.75) is 69.5 Å². The van der Waals surface area contributed by atoms with E-state index in [0.717, 1.165) is 6.42 Å². The van der Waals surface area contributed by atoms with Gasteiger partial charge >= 0.3 is 0 Å². The maximum absolute atomic E-state index is 4.89. The maximum atomic E-state index is 4.89. The predicted octanol–water partition coefficient (Wildman–Crippen LogP) is 2.74. The van der Waals surface area contributed by atoms with Gasteiger partial charge in [-0.1, -0.05) is 19.3 Å². The van der Waals surface area contributed by atoms with Crippen LogP contribution in [0.4, 0.5) is 0 Å². The number of nitrogens with one attached hydrogen (secondary N) is 1. The van der Waals surface area contributed by atoms with E-state index >= 15 is 0 Å². The van der Waals surface area contributed by atoms with Gasteiger partial charge in [0.25, 0.3) is 0 Å². The van der Waals surface area contributed by atoms with Gasteiger partial charge in [0.05, 0.1) is 11.7 Å². The molecule has 3 aliphatic rings. The first kappa shape index (κ1) is 10.1. The lowest BCUT2D eigenvalue weighted by Crippen LogP contribution is -2.31. The van der Waals surface area contributed by atoms with E-state index in [1.165, 1.54) is 56.2 Å². The number of nitrogens with zero attached hydrogens (tertiary/aromatic N) is 2. The Bertz CT molecular complexity index is 417. The Morgan fingerprint density at radius 2 is 2.00 bits per heavy atom. The summed E-state index contributed by atoms with van der Waals surface area (Å²) in [7, 11) is 0. The van der Waals surface area contributed by atoms with Crippen molar-refractivity contribution in [1.82, 2.24) is 15.1 Å². The number of hydrogen-bond donors (Lipinski definition) is 1. The van der Waals surface area contributed by atoms with Gasteiger partial charge in [-0.25, -0.2) is 0 Å². The molecule has 92 valence electrons. The fourth-order valence-electron chi connectivity index (χ4n) is 3.88. The van der Waals surface area contributed by atoms with Gasteiger partial charge in [0.2, 0.25) is 0 Å². The fraction of sp³-hybridized carbons (Fsp3) is 0.786. The van der Waals surface area contributed by atoms with E-state index in [4.69, 9.17) is 5.10 Å². The zero-order valence-corrected chi connectivity index (χ0v) is 10.4. The summed E-state index contributed by atoms with van der Waals surface area (Å²) < 4.78 is 2.30. The third-order valence-corrected chi connectivity index (χ3v) is 4.85. The first-order valence-corrected chi connectivity index (χ1v) is 7.24. The van der Waals surface area contributed by atoms with E-state index in [0.29, 0.717) is 18.1 Å². The van der Waals surface area contributed by atoms with Crippen LogP contribution in [0.15, 0.2) is 6.20 Å². The molecule has 2 aliphatic heterocycles. The molecule has 0 radical (unpaired) electrons. The summed E-state index contributed by atoms with van der Waals surface area (Å²) in [6.45, 7) is 0. The van der Waals surface area contributed by atoms with Crippen LogP contribution < -0.4 is 5.32 Å². The molecule has 1 aromatic rings. The van der Waals surface area contributed by atoms with Crippen LogP contribution in [0.25, 0.3) is 0 Å². The Morgan fingerprint density at radius 1 is 1.12 bits per heavy atom. The Hall–Kier alpha value is -0.830. The quantitative estimate of drug-likeness (QED) is 0.805. The highest BCUT2D eigenvalue weighted by Crippen LogP contribution is 2.37. The average molecular weight is 231 g/mol. The summed E-state index contributed by atoms with van der Waals surface area (Å²) in [4.78, 5) is 0. The van der Waals surface area contributed by atoms with Crippen LogP contribution in [-0.2, 0) is 6.42 Å². The van der Waals surface area contributed by atoms with Crippen molar-refractivity contribution < 1.29 is 0 Å². The summed E-state index contributed by atoms with van der Waals surface area (Å²) in [5, 5.41) is 8.60. The van der Waals surface area contributed by atoms with E-state index in [-0.39, 0.29) is 0 Å². The first-order chi connectivity index (χ1) is 8.40. The Labute approximate surface area is 103 Å². The molecule has 2 bridgehead atoms. The van der Waals surface area contributed by atoms with Crippen molar-refractivity contribution in [3.05, 3.63) is 17.5 Å². The summed E-state index contributed by atoms with van der Waals surface area (Å²) in [5.41, 5.74) is 2.89. The van der Waals surface area contributed by atoms with Gasteiger partial charge < -0.3 is 5.32 Å². The summed E-state index contributed by atoms with van der Waals surface area (Å²) >= 11 is 0. The third kappa shape index (κ3) is 1.63. The lowest BCUT2D eigenvalue weighted by atomic mass is 9.96. The highest BCUT2D eigenvalue weighted by molar-refractivity contribution is 5.28. The number of hydrogen-bond acceptors (Lipinski definition) is 2. The van der Waals surface area contributed by atoms with Crippen molar-refractivity contribution in [2.75, 3.05) is 0 Å². The van der Waals surface area contributed by atoms with Crippen LogP contribution >= 0.6 is 0 Å². The van der Waals surface area contributed by atoms with Gasteiger partial charge in [-0.05, 0) is 25.7 Å². The molecule has 1 aromatic heterocycles. The summed E-state index contributed by atoms with van der Waals surface area (Å²) in [6.07, 6.45) is 13.0. The number of fused-ring (bicyclic) bond motifs is 4. The largest absolute Gasteiger partial charge is 0.307 e. The second-order valence-electron chi connectivity index (χ2n) is 6.00. The molecule has 3 heterocycles. The molecular formula is C14H21N3. The molecule has 0 aromatic carbocycles. The topological polar surface area (TPSA) is 29.9 Å². The SMILES string of the molecule is c1c2c(nn1C1CCCCC1)C[C@H]1CC[C@H]2N1. The second-order valence-corrected chi connectivity index (χ2v) is 6.00. The van der Waals surface area contributed by atoms with E-state index in [9.17, 15) is 0 Å². The lowest BCUT2D eigenvalue weighted by molar-refractivity contribution is 0.327. The molecule has 4 rings (SSSR count). The molecule has 2 fully saturated rings. The zero-order valence-electron chi connectivity index (χ0n) is 10.4. The fourth-order valence-corrected chi connectivity index (χ4v) is 3.88. The monoisotopic (exact) mass is 231 g/mol. The standard InChI is InChI=1S/C14H21N3/c1-2-4-11(5-3-1)17-9-12-13-7-6-10(15-13)8-14(12)16-17/h9-11,13,15H,1-8H2/t10-,13-/m1/s1. The maximum Gasteiger partial charge on any atom is 0.0688 e. The van der Waals surface area contributed by atoms with Crippen molar-refractivity contribution in [3.8, 4) is 0 Å². The van der Waals surface area contributed by atoms with Crippen molar-refractivity contribution in [3.63, 3.8) is 0 Å². The molecule has 1 N–H and O–H groups in total. The van der Waals surface area contributed by atoms with E-state index in [2.05, 4.69) is 16.2 Å². The van der Waals surface area contributed by atoms with E-state index in [1.54, 1.807) is 0 Å². The normalized spacial score (nSPS) is 32.7. The molecule has 3 nitrogen and oxygen atoms in total. The molecule has 2 atom stereocenters. The summed E-state index contributed by atoms with van der Waals surface area (Å²) in [6, 6.07) is 2.01. The number of rotatable bonds is 1. The van der Waals surface area contributed by atoms with Crippen LogP contribution in [0.1, 0.15) is 68.3 Å².